The smallest absolute Gasteiger partial charge is 0.251 e. The number of nitrogens with one attached hydrogen (secondary N) is 1. The Morgan fingerprint density at radius 3 is 2.69 bits per heavy atom. The molecule has 0 spiro atoms. The standard InChI is InChI=1S/C22H24N2O5/c1-2-3-10-27-17-7-5-16(6-8-17)24-21(25)12-18(22(24)26)23-13-15-4-9-19-20(11-15)29-14-28-19/h4-9,11,18,23H,2-3,10,12-14H2,1H3/t18-/m1/s1. The molecule has 1 fully saturated rings. The van der Waals surface area contributed by atoms with Gasteiger partial charge in [-0.05, 0) is 48.4 Å². The summed E-state index contributed by atoms with van der Waals surface area (Å²) in [5.41, 5.74) is 1.52. The zero-order valence-electron chi connectivity index (χ0n) is 16.3. The van der Waals surface area contributed by atoms with Gasteiger partial charge in [-0.3, -0.25) is 9.59 Å². The van der Waals surface area contributed by atoms with Gasteiger partial charge in [0.2, 0.25) is 12.7 Å². The number of rotatable bonds is 8. The second-order valence-corrected chi connectivity index (χ2v) is 7.09. The van der Waals surface area contributed by atoms with Crippen LogP contribution in [0.3, 0.4) is 0 Å². The minimum absolute atomic E-state index is 0.137. The Morgan fingerprint density at radius 2 is 1.90 bits per heavy atom. The first-order valence-corrected chi connectivity index (χ1v) is 9.87. The summed E-state index contributed by atoms with van der Waals surface area (Å²) >= 11 is 0. The number of benzene rings is 2. The molecule has 1 saturated heterocycles. The number of carbonyl (C=O) groups excluding carboxylic acids is 2. The van der Waals surface area contributed by atoms with Gasteiger partial charge in [-0.25, -0.2) is 4.90 Å². The molecule has 0 radical (unpaired) electrons. The Hall–Kier alpha value is -3.06. The summed E-state index contributed by atoms with van der Waals surface area (Å²) in [5.74, 6) is 1.70. The zero-order valence-corrected chi connectivity index (χ0v) is 16.3. The molecule has 0 unspecified atom stereocenters. The van der Waals surface area contributed by atoms with Crippen molar-refractivity contribution in [3.63, 3.8) is 0 Å². The van der Waals surface area contributed by atoms with E-state index < -0.39 is 6.04 Å². The Bertz CT molecular complexity index is 897. The van der Waals surface area contributed by atoms with Crippen LogP contribution in [0, 0.1) is 0 Å². The van der Waals surface area contributed by atoms with E-state index in [0.717, 1.165) is 24.2 Å². The first kappa shape index (κ1) is 19.3. The maximum atomic E-state index is 12.8. The van der Waals surface area contributed by atoms with Gasteiger partial charge in [-0.1, -0.05) is 19.4 Å². The highest BCUT2D eigenvalue weighted by atomic mass is 16.7. The average molecular weight is 396 g/mol. The topological polar surface area (TPSA) is 77.1 Å². The molecule has 152 valence electrons. The molecule has 2 aromatic carbocycles. The number of hydrogen-bond acceptors (Lipinski definition) is 6. The molecular formula is C22H24N2O5. The van der Waals surface area contributed by atoms with Crippen LogP contribution in [0.2, 0.25) is 0 Å². The van der Waals surface area contributed by atoms with Crippen LogP contribution in [-0.4, -0.2) is 31.3 Å². The van der Waals surface area contributed by atoms with Crippen molar-refractivity contribution < 1.29 is 23.8 Å². The number of hydrogen-bond donors (Lipinski definition) is 1. The summed E-state index contributed by atoms with van der Waals surface area (Å²) in [5, 5.41) is 3.18. The Labute approximate surface area is 169 Å². The molecule has 0 aliphatic carbocycles. The molecular weight excluding hydrogens is 372 g/mol. The fourth-order valence-corrected chi connectivity index (χ4v) is 3.38. The first-order chi connectivity index (χ1) is 14.2. The lowest BCUT2D eigenvalue weighted by atomic mass is 10.1. The average Bonchev–Trinajstić information content (AvgIpc) is 3.31. The van der Waals surface area contributed by atoms with E-state index in [1.54, 1.807) is 24.3 Å². The van der Waals surface area contributed by atoms with Crippen molar-refractivity contribution in [3.05, 3.63) is 48.0 Å². The van der Waals surface area contributed by atoms with Gasteiger partial charge in [0.25, 0.3) is 5.91 Å². The normalized spacial score (nSPS) is 17.8. The van der Waals surface area contributed by atoms with Gasteiger partial charge in [0.1, 0.15) is 5.75 Å². The predicted molar refractivity (Wildman–Crippen MR) is 107 cm³/mol. The summed E-state index contributed by atoms with van der Waals surface area (Å²) in [6, 6.07) is 12.2. The van der Waals surface area contributed by atoms with Crippen LogP contribution in [0.5, 0.6) is 17.2 Å². The molecule has 7 nitrogen and oxygen atoms in total. The highest BCUT2D eigenvalue weighted by Crippen LogP contribution is 2.32. The van der Waals surface area contributed by atoms with Crippen LogP contribution in [0.15, 0.2) is 42.5 Å². The molecule has 2 heterocycles. The third-order valence-electron chi connectivity index (χ3n) is 5.00. The molecule has 0 aromatic heterocycles. The monoisotopic (exact) mass is 396 g/mol. The van der Waals surface area contributed by atoms with E-state index in [-0.39, 0.29) is 25.0 Å². The van der Waals surface area contributed by atoms with Gasteiger partial charge in [-0.15, -0.1) is 0 Å². The van der Waals surface area contributed by atoms with Crippen molar-refractivity contribution in [1.29, 1.82) is 0 Å². The summed E-state index contributed by atoms with van der Waals surface area (Å²) < 4.78 is 16.3. The zero-order chi connectivity index (χ0) is 20.2. The van der Waals surface area contributed by atoms with Crippen molar-refractivity contribution in [2.75, 3.05) is 18.3 Å². The molecule has 0 bridgehead atoms. The second kappa shape index (κ2) is 8.53. The Kier molecular flexibility index (Phi) is 5.67. The molecule has 4 rings (SSSR count). The molecule has 29 heavy (non-hydrogen) atoms. The molecule has 2 aliphatic heterocycles. The van der Waals surface area contributed by atoms with Crippen LogP contribution < -0.4 is 24.4 Å². The predicted octanol–water partition coefficient (Wildman–Crippen LogP) is 3.02. The number of carbonyl (C=O) groups is 2. The SMILES string of the molecule is CCCCOc1ccc(N2C(=O)C[C@@H](NCc3ccc4c(c3)OCO4)C2=O)cc1. The molecule has 0 saturated carbocycles. The van der Waals surface area contributed by atoms with Crippen LogP contribution in [0.4, 0.5) is 5.69 Å². The van der Waals surface area contributed by atoms with Crippen molar-refractivity contribution in [2.45, 2.75) is 38.8 Å². The maximum absolute atomic E-state index is 12.8. The first-order valence-electron chi connectivity index (χ1n) is 9.87. The van der Waals surface area contributed by atoms with Gasteiger partial charge in [0.15, 0.2) is 11.5 Å². The lowest BCUT2D eigenvalue weighted by Crippen LogP contribution is -2.38. The maximum Gasteiger partial charge on any atom is 0.251 e. The van der Waals surface area contributed by atoms with E-state index in [4.69, 9.17) is 14.2 Å². The fraction of sp³-hybridized carbons (Fsp3) is 0.364. The molecule has 2 aliphatic rings. The van der Waals surface area contributed by atoms with Gasteiger partial charge in [-0.2, -0.15) is 0 Å². The molecule has 2 aromatic rings. The second-order valence-electron chi connectivity index (χ2n) is 7.09. The van der Waals surface area contributed by atoms with E-state index in [1.807, 2.05) is 18.2 Å². The third kappa shape index (κ3) is 4.19. The van der Waals surface area contributed by atoms with Crippen LogP contribution in [0.1, 0.15) is 31.7 Å². The van der Waals surface area contributed by atoms with Crippen molar-refractivity contribution in [2.24, 2.45) is 0 Å². The Morgan fingerprint density at radius 1 is 1.10 bits per heavy atom. The van der Waals surface area contributed by atoms with E-state index >= 15 is 0 Å². The van der Waals surface area contributed by atoms with Crippen molar-refractivity contribution in [3.8, 4) is 17.2 Å². The minimum atomic E-state index is -0.548. The fourth-order valence-electron chi connectivity index (χ4n) is 3.38. The summed E-state index contributed by atoms with van der Waals surface area (Å²) in [4.78, 5) is 26.5. The Balaban J connectivity index is 1.37. The quantitative estimate of drug-likeness (QED) is 0.546. The van der Waals surface area contributed by atoms with E-state index in [9.17, 15) is 9.59 Å². The lowest BCUT2D eigenvalue weighted by molar-refractivity contribution is -0.121. The minimum Gasteiger partial charge on any atom is -0.494 e. The third-order valence-corrected chi connectivity index (χ3v) is 5.00. The highest BCUT2D eigenvalue weighted by Gasteiger charge is 2.39. The van der Waals surface area contributed by atoms with Gasteiger partial charge >= 0.3 is 0 Å². The molecule has 1 N–H and O–H groups in total. The number of nitrogens with zero attached hydrogens (tertiary/aromatic N) is 1. The van der Waals surface area contributed by atoms with Crippen LogP contribution in [-0.2, 0) is 16.1 Å². The van der Waals surface area contributed by atoms with E-state index in [1.165, 1.54) is 4.90 Å². The van der Waals surface area contributed by atoms with Gasteiger partial charge in [0, 0.05) is 6.54 Å². The number of imide groups is 1. The van der Waals surface area contributed by atoms with Crippen molar-refractivity contribution >= 4 is 17.5 Å². The number of amides is 2. The van der Waals surface area contributed by atoms with Crippen LogP contribution in [0.25, 0.3) is 0 Å². The number of anilines is 1. The highest BCUT2D eigenvalue weighted by molar-refractivity contribution is 6.22. The summed E-state index contributed by atoms with van der Waals surface area (Å²) in [7, 11) is 0. The van der Waals surface area contributed by atoms with E-state index in [0.29, 0.717) is 30.3 Å². The van der Waals surface area contributed by atoms with Gasteiger partial charge < -0.3 is 19.5 Å². The summed E-state index contributed by atoms with van der Waals surface area (Å²) in [6.07, 6.45) is 2.19. The number of fused-ring (bicyclic) bond motifs is 1. The number of ether oxygens (including phenoxy) is 3. The molecule has 7 heteroatoms. The lowest BCUT2D eigenvalue weighted by Gasteiger charge is -2.16. The largest absolute Gasteiger partial charge is 0.494 e. The summed E-state index contributed by atoms with van der Waals surface area (Å²) in [6.45, 7) is 3.44. The van der Waals surface area contributed by atoms with Gasteiger partial charge in [0.05, 0.1) is 24.8 Å². The van der Waals surface area contributed by atoms with Crippen LogP contribution >= 0.6 is 0 Å². The van der Waals surface area contributed by atoms with Crippen molar-refractivity contribution in [1.82, 2.24) is 5.32 Å². The molecule has 1 atom stereocenters. The molecule has 2 amide bonds. The van der Waals surface area contributed by atoms with E-state index in [2.05, 4.69) is 12.2 Å². The number of unbranched alkanes of at least 4 members (excludes halogenated alkanes) is 1.